The molecule has 1 amide bonds. The first kappa shape index (κ1) is 20.4. The molecule has 0 aliphatic heterocycles. The van der Waals surface area contributed by atoms with Crippen molar-refractivity contribution in [2.75, 3.05) is 25.1 Å². The molecule has 0 atom stereocenters. The molecule has 2 N–H and O–H groups in total. The van der Waals surface area contributed by atoms with Crippen LogP contribution in [0.4, 0.5) is 16.0 Å². The molecule has 150 valence electrons. The van der Waals surface area contributed by atoms with Gasteiger partial charge in [0.2, 0.25) is 5.95 Å². The Hall–Kier alpha value is -3.32. The van der Waals surface area contributed by atoms with Gasteiger partial charge in [0.05, 0.1) is 0 Å². The van der Waals surface area contributed by atoms with Gasteiger partial charge in [-0.3, -0.25) is 4.79 Å². The molecular weight excluding hydrogens is 371 g/mol. The zero-order chi connectivity index (χ0) is 20.5. The quantitative estimate of drug-likeness (QED) is 0.533. The zero-order valence-corrected chi connectivity index (χ0v) is 16.2. The van der Waals surface area contributed by atoms with E-state index in [9.17, 15) is 9.18 Å². The first-order chi connectivity index (χ1) is 14.2. The highest BCUT2D eigenvalue weighted by Crippen LogP contribution is 2.20. The zero-order valence-electron chi connectivity index (χ0n) is 16.2. The number of ether oxygens (including phenoxy) is 1. The Balaban J connectivity index is 1.59. The molecular formula is C22H23FN4O2. The van der Waals surface area contributed by atoms with Crippen LogP contribution in [0.3, 0.4) is 0 Å². The minimum atomic E-state index is -0.286. The van der Waals surface area contributed by atoms with Crippen molar-refractivity contribution in [1.82, 2.24) is 15.3 Å². The summed E-state index contributed by atoms with van der Waals surface area (Å²) in [6.45, 7) is 3.81. The third kappa shape index (κ3) is 6.08. The number of aromatic nitrogens is 2. The van der Waals surface area contributed by atoms with Crippen molar-refractivity contribution in [3.8, 4) is 11.1 Å². The molecule has 0 radical (unpaired) electrons. The van der Waals surface area contributed by atoms with Crippen LogP contribution in [0.2, 0.25) is 0 Å². The predicted molar refractivity (Wildman–Crippen MR) is 111 cm³/mol. The van der Waals surface area contributed by atoms with Gasteiger partial charge in [-0.1, -0.05) is 18.2 Å². The summed E-state index contributed by atoms with van der Waals surface area (Å²) >= 11 is 0. The van der Waals surface area contributed by atoms with Crippen molar-refractivity contribution < 1.29 is 13.9 Å². The van der Waals surface area contributed by atoms with Crippen LogP contribution in [-0.2, 0) is 4.74 Å². The highest BCUT2D eigenvalue weighted by atomic mass is 19.1. The lowest BCUT2D eigenvalue weighted by Gasteiger charge is -2.09. The number of halogens is 1. The Morgan fingerprint density at radius 3 is 2.55 bits per heavy atom. The van der Waals surface area contributed by atoms with Crippen LogP contribution < -0.4 is 10.6 Å². The van der Waals surface area contributed by atoms with Gasteiger partial charge in [-0.15, -0.1) is 0 Å². The van der Waals surface area contributed by atoms with Gasteiger partial charge >= 0.3 is 0 Å². The largest absolute Gasteiger partial charge is 0.382 e. The summed E-state index contributed by atoms with van der Waals surface area (Å²) in [7, 11) is 0. The average molecular weight is 394 g/mol. The number of carbonyl (C=O) groups is 1. The number of amides is 1. The summed E-state index contributed by atoms with van der Waals surface area (Å²) in [6, 6.07) is 13.3. The highest BCUT2D eigenvalue weighted by molar-refractivity contribution is 5.95. The number of hydrogen-bond donors (Lipinski definition) is 2. The van der Waals surface area contributed by atoms with Gasteiger partial charge in [0.15, 0.2) is 0 Å². The summed E-state index contributed by atoms with van der Waals surface area (Å²) in [6.07, 6.45) is 4.10. The number of rotatable bonds is 9. The van der Waals surface area contributed by atoms with E-state index >= 15 is 0 Å². The molecule has 6 nitrogen and oxygen atoms in total. The average Bonchev–Trinajstić information content (AvgIpc) is 2.75. The predicted octanol–water partition coefficient (Wildman–Crippen LogP) is 4.18. The van der Waals surface area contributed by atoms with Crippen molar-refractivity contribution in [2.24, 2.45) is 0 Å². The fourth-order valence-electron chi connectivity index (χ4n) is 2.67. The van der Waals surface area contributed by atoms with Gasteiger partial charge in [-0.25, -0.2) is 14.4 Å². The molecule has 0 aliphatic carbocycles. The van der Waals surface area contributed by atoms with Crippen LogP contribution in [0.25, 0.3) is 11.1 Å². The van der Waals surface area contributed by atoms with Crippen LogP contribution in [0.15, 0.2) is 60.9 Å². The fourth-order valence-corrected chi connectivity index (χ4v) is 2.67. The molecule has 0 bridgehead atoms. The molecule has 3 rings (SSSR count). The molecule has 0 spiro atoms. The standard InChI is InChI=1S/C22H23FN4O2/c1-2-29-12-4-11-24-21(28)17-5-3-6-20(13-17)27-22-25-14-18(15-26-22)16-7-9-19(23)10-8-16/h3,5-10,13-15H,2,4,11-12H2,1H3,(H,24,28)(H,25,26,27). The smallest absolute Gasteiger partial charge is 0.251 e. The first-order valence-electron chi connectivity index (χ1n) is 9.46. The van der Waals surface area contributed by atoms with Crippen molar-refractivity contribution in [1.29, 1.82) is 0 Å². The summed E-state index contributed by atoms with van der Waals surface area (Å²) in [5.41, 5.74) is 2.88. The first-order valence-corrected chi connectivity index (χ1v) is 9.46. The van der Waals surface area contributed by atoms with E-state index in [0.29, 0.717) is 37.0 Å². The number of benzene rings is 2. The topological polar surface area (TPSA) is 76.1 Å². The lowest BCUT2D eigenvalue weighted by atomic mass is 10.1. The summed E-state index contributed by atoms with van der Waals surface area (Å²) in [4.78, 5) is 20.9. The van der Waals surface area contributed by atoms with Crippen molar-refractivity contribution in [3.05, 3.63) is 72.3 Å². The van der Waals surface area contributed by atoms with Crippen LogP contribution >= 0.6 is 0 Å². The summed E-state index contributed by atoms with van der Waals surface area (Å²) in [5.74, 6) is -0.0194. The maximum absolute atomic E-state index is 13.0. The Labute approximate surface area is 169 Å². The molecule has 0 fully saturated rings. The van der Waals surface area contributed by atoms with E-state index in [4.69, 9.17) is 4.74 Å². The van der Waals surface area contributed by atoms with Crippen LogP contribution in [0, 0.1) is 5.82 Å². The van der Waals surface area contributed by atoms with Gasteiger partial charge in [-0.05, 0) is 49.2 Å². The van der Waals surface area contributed by atoms with Gasteiger partial charge in [0.25, 0.3) is 5.91 Å². The lowest BCUT2D eigenvalue weighted by molar-refractivity contribution is 0.0944. The number of nitrogens with one attached hydrogen (secondary N) is 2. The second kappa shape index (κ2) is 10.3. The molecule has 0 saturated carbocycles. The van der Waals surface area contributed by atoms with E-state index in [1.165, 1.54) is 12.1 Å². The van der Waals surface area contributed by atoms with Crippen LogP contribution in [0.1, 0.15) is 23.7 Å². The number of nitrogens with zero attached hydrogens (tertiary/aromatic N) is 2. The third-order valence-corrected chi connectivity index (χ3v) is 4.17. The molecule has 7 heteroatoms. The summed E-state index contributed by atoms with van der Waals surface area (Å²) < 4.78 is 18.3. The van der Waals surface area contributed by atoms with E-state index in [0.717, 1.165) is 17.5 Å². The van der Waals surface area contributed by atoms with Gasteiger partial charge in [0, 0.05) is 49.0 Å². The molecule has 2 aromatic carbocycles. The Kier molecular flexibility index (Phi) is 7.24. The summed E-state index contributed by atoms with van der Waals surface area (Å²) in [5, 5.41) is 5.96. The molecule has 0 unspecified atom stereocenters. The van der Waals surface area contributed by atoms with Gasteiger partial charge < -0.3 is 15.4 Å². The van der Waals surface area contributed by atoms with E-state index in [2.05, 4.69) is 20.6 Å². The van der Waals surface area contributed by atoms with Gasteiger partial charge in [-0.2, -0.15) is 0 Å². The Bertz CT molecular complexity index is 930. The second-order valence-electron chi connectivity index (χ2n) is 6.31. The third-order valence-electron chi connectivity index (χ3n) is 4.17. The van der Waals surface area contributed by atoms with E-state index in [1.807, 2.05) is 13.0 Å². The molecule has 3 aromatic rings. The highest BCUT2D eigenvalue weighted by Gasteiger charge is 2.07. The van der Waals surface area contributed by atoms with E-state index in [-0.39, 0.29) is 11.7 Å². The number of hydrogen-bond acceptors (Lipinski definition) is 5. The van der Waals surface area contributed by atoms with E-state index in [1.54, 1.807) is 42.7 Å². The fraction of sp³-hybridized carbons (Fsp3) is 0.227. The second-order valence-corrected chi connectivity index (χ2v) is 6.31. The van der Waals surface area contributed by atoms with E-state index < -0.39 is 0 Å². The van der Waals surface area contributed by atoms with Crippen molar-refractivity contribution in [2.45, 2.75) is 13.3 Å². The van der Waals surface area contributed by atoms with Crippen molar-refractivity contribution >= 4 is 17.5 Å². The lowest BCUT2D eigenvalue weighted by Crippen LogP contribution is -2.25. The molecule has 0 aliphatic rings. The minimum Gasteiger partial charge on any atom is -0.382 e. The Morgan fingerprint density at radius 2 is 1.83 bits per heavy atom. The number of anilines is 2. The molecule has 29 heavy (non-hydrogen) atoms. The molecule has 1 heterocycles. The molecule has 0 saturated heterocycles. The van der Waals surface area contributed by atoms with Gasteiger partial charge in [0.1, 0.15) is 5.82 Å². The van der Waals surface area contributed by atoms with Crippen LogP contribution in [-0.4, -0.2) is 35.6 Å². The molecule has 1 aromatic heterocycles. The monoisotopic (exact) mass is 394 g/mol. The SMILES string of the molecule is CCOCCCNC(=O)c1cccc(Nc2ncc(-c3ccc(F)cc3)cn2)c1. The maximum atomic E-state index is 13.0. The maximum Gasteiger partial charge on any atom is 0.251 e. The number of carbonyl (C=O) groups excluding carboxylic acids is 1. The normalized spacial score (nSPS) is 10.6. The van der Waals surface area contributed by atoms with Crippen molar-refractivity contribution in [3.63, 3.8) is 0 Å². The minimum absolute atomic E-state index is 0.141. The van der Waals surface area contributed by atoms with Crippen LogP contribution in [0.5, 0.6) is 0 Å². The Morgan fingerprint density at radius 1 is 1.07 bits per heavy atom.